The fourth-order valence-electron chi connectivity index (χ4n) is 1.81. The zero-order valence-corrected chi connectivity index (χ0v) is 9.96. The Labute approximate surface area is 107 Å². The molecule has 0 spiro atoms. The summed E-state index contributed by atoms with van der Waals surface area (Å²) in [5, 5.41) is 0. The molecule has 104 valence electrons. The van der Waals surface area contributed by atoms with Gasteiger partial charge in [0, 0.05) is 6.61 Å². The minimum atomic E-state index is -4.47. The molecular formula is C12H13F3N2O2. The van der Waals surface area contributed by atoms with E-state index in [9.17, 15) is 18.0 Å². The average molecular weight is 274 g/mol. The molecule has 0 unspecified atom stereocenters. The van der Waals surface area contributed by atoms with Crippen molar-refractivity contribution in [2.75, 3.05) is 18.6 Å². The molecule has 19 heavy (non-hydrogen) atoms. The molecule has 2 rings (SSSR count). The second kappa shape index (κ2) is 5.48. The van der Waals surface area contributed by atoms with E-state index in [2.05, 4.69) is 10.9 Å². The first-order valence-corrected chi connectivity index (χ1v) is 5.78. The van der Waals surface area contributed by atoms with E-state index in [-0.39, 0.29) is 17.5 Å². The van der Waals surface area contributed by atoms with Gasteiger partial charge in [0.05, 0.1) is 23.8 Å². The molecule has 1 saturated heterocycles. The second-order valence-corrected chi connectivity index (χ2v) is 4.22. The Kier molecular flexibility index (Phi) is 3.94. The van der Waals surface area contributed by atoms with Crippen molar-refractivity contribution in [3.63, 3.8) is 0 Å². The van der Waals surface area contributed by atoms with Crippen LogP contribution < -0.4 is 10.9 Å². The quantitative estimate of drug-likeness (QED) is 0.831. The number of hydrogen-bond acceptors (Lipinski definition) is 3. The lowest BCUT2D eigenvalue weighted by Gasteiger charge is -2.16. The van der Waals surface area contributed by atoms with Crippen LogP contribution in [0, 0.1) is 5.92 Å². The number of hydrogen-bond donors (Lipinski definition) is 2. The first-order valence-electron chi connectivity index (χ1n) is 5.78. The highest BCUT2D eigenvalue weighted by atomic mass is 19.4. The highest BCUT2D eigenvalue weighted by Crippen LogP contribution is 2.34. The molecular weight excluding hydrogens is 261 g/mol. The van der Waals surface area contributed by atoms with Crippen molar-refractivity contribution in [2.45, 2.75) is 12.6 Å². The largest absolute Gasteiger partial charge is 0.418 e. The van der Waals surface area contributed by atoms with Gasteiger partial charge in [-0.1, -0.05) is 12.1 Å². The van der Waals surface area contributed by atoms with Gasteiger partial charge in [-0.05, 0) is 18.6 Å². The number of hydrazine groups is 1. The van der Waals surface area contributed by atoms with Crippen molar-refractivity contribution in [2.24, 2.45) is 5.92 Å². The van der Waals surface area contributed by atoms with Gasteiger partial charge in [0.15, 0.2) is 0 Å². The number of nitrogens with one attached hydrogen (secondary N) is 2. The van der Waals surface area contributed by atoms with Crippen LogP contribution in [0.15, 0.2) is 24.3 Å². The van der Waals surface area contributed by atoms with E-state index in [1.54, 1.807) is 0 Å². The van der Waals surface area contributed by atoms with Crippen LogP contribution in [-0.2, 0) is 15.7 Å². The lowest BCUT2D eigenvalue weighted by Crippen LogP contribution is -2.35. The Morgan fingerprint density at radius 1 is 1.32 bits per heavy atom. The molecule has 4 nitrogen and oxygen atoms in total. The van der Waals surface area contributed by atoms with Crippen molar-refractivity contribution < 1.29 is 22.7 Å². The number of carbonyl (C=O) groups excluding carboxylic acids is 1. The van der Waals surface area contributed by atoms with Gasteiger partial charge in [-0.2, -0.15) is 13.2 Å². The molecule has 1 atom stereocenters. The second-order valence-electron chi connectivity index (χ2n) is 4.22. The predicted molar refractivity (Wildman–Crippen MR) is 62.1 cm³/mol. The monoisotopic (exact) mass is 274 g/mol. The van der Waals surface area contributed by atoms with Crippen LogP contribution in [-0.4, -0.2) is 19.1 Å². The molecule has 0 aliphatic carbocycles. The lowest BCUT2D eigenvalue weighted by molar-refractivity contribution is -0.137. The average Bonchev–Trinajstić information content (AvgIpc) is 2.89. The number of para-hydroxylation sites is 1. The molecule has 1 aromatic rings. The topological polar surface area (TPSA) is 50.4 Å². The molecule has 1 aromatic carbocycles. The third kappa shape index (κ3) is 3.37. The maximum atomic E-state index is 12.7. The number of halogens is 3. The van der Waals surface area contributed by atoms with Crippen LogP contribution in [0.2, 0.25) is 0 Å². The van der Waals surface area contributed by atoms with Gasteiger partial charge >= 0.3 is 6.18 Å². The van der Waals surface area contributed by atoms with Crippen molar-refractivity contribution in [3.05, 3.63) is 29.8 Å². The van der Waals surface area contributed by atoms with Gasteiger partial charge in [-0.3, -0.25) is 15.6 Å². The number of rotatable bonds is 3. The number of carbonyl (C=O) groups is 1. The van der Waals surface area contributed by atoms with Crippen LogP contribution in [0.5, 0.6) is 0 Å². The minimum absolute atomic E-state index is 0.178. The molecule has 1 aliphatic heterocycles. The van der Waals surface area contributed by atoms with Gasteiger partial charge in [0.1, 0.15) is 0 Å². The summed E-state index contributed by atoms with van der Waals surface area (Å²) in [6.07, 6.45) is -3.89. The summed E-state index contributed by atoms with van der Waals surface area (Å²) in [7, 11) is 0. The lowest BCUT2D eigenvalue weighted by atomic mass is 10.1. The Morgan fingerprint density at radius 2 is 2.05 bits per heavy atom. The molecule has 2 N–H and O–H groups in total. The Balaban J connectivity index is 2.01. The van der Waals surface area contributed by atoms with Gasteiger partial charge in [-0.15, -0.1) is 0 Å². The zero-order chi connectivity index (χ0) is 13.9. The molecule has 7 heteroatoms. The third-order valence-electron chi connectivity index (χ3n) is 2.85. The number of amides is 1. The van der Waals surface area contributed by atoms with Crippen molar-refractivity contribution in [1.82, 2.24) is 5.43 Å². The smallest absolute Gasteiger partial charge is 0.381 e. The number of anilines is 1. The normalized spacial score (nSPS) is 19.2. The highest BCUT2D eigenvalue weighted by Gasteiger charge is 2.33. The fourth-order valence-corrected chi connectivity index (χ4v) is 1.81. The summed E-state index contributed by atoms with van der Waals surface area (Å²) >= 11 is 0. The van der Waals surface area contributed by atoms with Crippen LogP contribution in [0.3, 0.4) is 0 Å². The number of benzene rings is 1. The van der Waals surface area contributed by atoms with E-state index in [4.69, 9.17) is 4.74 Å². The number of alkyl halides is 3. The maximum Gasteiger partial charge on any atom is 0.418 e. The van der Waals surface area contributed by atoms with E-state index in [1.807, 2.05) is 0 Å². The maximum absolute atomic E-state index is 12.7. The Hall–Kier alpha value is -1.76. The Bertz CT molecular complexity index is 457. The van der Waals surface area contributed by atoms with Crippen molar-refractivity contribution >= 4 is 11.6 Å². The van der Waals surface area contributed by atoms with Gasteiger partial charge < -0.3 is 4.74 Å². The van der Waals surface area contributed by atoms with Gasteiger partial charge in [0.2, 0.25) is 5.91 Å². The summed E-state index contributed by atoms with van der Waals surface area (Å²) in [4.78, 5) is 11.6. The molecule has 0 aromatic heterocycles. The van der Waals surface area contributed by atoms with E-state index in [1.165, 1.54) is 18.2 Å². The molecule has 0 radical (unpaired) electrons. The van der Waals surface area contributed by atoms with E-state index >= 15 is 0 Å². The predicted octanol–water partition coefficient (Wildman–Crippen LogP) is 2.18. The molecule has 1 amide bonds. The summed E-state index contributed by atoms with van der Waals surface area (Å²) in [6, 6.07) is 4.96. The van der Waals surface area contributed by atoms with Gasteiger partial charge in [0.25, 0.3) is 0 Å². The molecule has 1 fully saturated rings. The van der Waals surface area contributed by atoms with Crippen LogP contribution in [0.25, 0.3) is 0 Å². The van der Waals surface area contributed by atoms with Crippen LogP contribution in [0.4, 0.5) is 18.9 Å². The molecule has 0 bridgehead atoms. The zero-order valence-electron chi connectivity index (χ0n) is 9.96. The van der Waals surface area contributed by atoms with Crippen molar-refractivity contribution in [3.8, 4) is 0 Å². The first-order chi connectivity index (χ1) is 8.98. The molecule has 1 aliphatic rings. The van der Waals surface area contributed by atoms with E-state index < -0.39 is 11.7 Å². The SMILES string of the molecule is O=C(NNc1ccccc1C(F)(F)F)[C@@H]1CCOC1. The fraction of sp³-hybridized carbons (Fsp3) is 0.417. The summed E-state index contributed by atoms with van der Waals surface area (Å²) in [5.74, 6) is -0.681. The third-order valence-corrected chi connectivity index (χ3v) is 2.85. The minimum Gasteiger partial charge on any atom is -0.381 e. The Morgan fingerprint density at radius 3 is 2.68 bits per heavy atom. The summed E-state index contributed by atoms with van der Waals surface area (Å²) in [6.45, 7) is 0.797. The van der Waals surface area contributed by atoms with Crippen LogP contribution in [0.1, 0.15) is 12.0 Å². The van der Waals surface area contributed by atoms with Crippen LogP contribution >= 0.6 is 0 Å². The summed E-state index contributed by atoms with van der Waals surface area (Å²) in [5.41, 5.74) is 3.61. The van der Waals surface area contributed by atoms with E-state index in [0.717, 1.165) is 6.07 Å². The molecule has 1 heterocycles. The standard InChI is InChI=1S/C12H13F3N2O2/c13-12(14,15)9-3-1-2-4-10(9)16-17-11(18)8-5-6-19-7-8/h1-4,8,16H,5-7H2,(H,17,18)/t8-/m1/s1. The highest BCUT2D eigenvalue weighted by molar-refractivity contribution is 5.80. The van der Waals surface area contributed by atoms with E-state index in [0.29, 0.717) is 19.6 Å². The van der Waals surface area contributed by atoms with Crippen molar-refractivity contribution in [1.29, 1.82) is 0 Å². The molecule has 0 saturated carbocycles. The van der Waals surface area contributed by atoms with Gasteiger partial charge in [-0.25, -0.2) is 0 Å². The number of ether oxygens (including phenoxy) is 1. The summed E-state index contributed by atoms with van der Waals surface area (Å²) < 4.78 is 43.1. The first kappa shape index (κ1) is 13.7.